The fraction of sp³-hybridized carbons (Fsp3) is 1.00. The molecule has 19 heavy (non-hydrogen) atoms. The Morgan fingerprint density at radius 3 is 2.47 bits per heavy atom. The van der Waals surface area contributed by atoms with E-state index in [4.69, 9.17) is 11.6 Å². The molecule has 0 aromatic heterocycles. The van der Waals surface area contributed by atoms with E-state index in [0.717, 1.165) is 19.5 Å². The maximum absolute atomic E-state index is 12.4. The second kappa shape index (κ2) is 7.78. The molecule has 0 aromatic carbocycles. The zero-order chi connectivity index (χ0) is 14.5. The van der Waals surface area contributed by atoms with E-state index in [1.54, 1.807) is 11.4 Å². The standard InChI is InChI=1S/C12H26ClN3O2S/c1-4-15(5-2)12-7-10-16(11-12)19(17,18)14(3)9-6-8-13/h12H,4-11H2,1-3H3. The maximum atomic E-state index is 12.4. The summed E-state index contributed by atoms with van der Waals surface area (Å²) in [5.41, 5.74) is 0. The molecule has 0 bridgehead atoms. The Bertz CT molecular complexity index is 360. The van der Waals surface area contributed by atoms with Crippen LogP contribution in [0.25, 0.3) is 0 Å². The van der Waals surface area contributed by atoms with Crippen LogP contribution in [-0.4, -0.2) is 73.6 Å². The lowest BCUT2D eigenvalue weighted by molar-refractivity contribution is 0.223. The molecule has 0 aliphatic carbocycles. The first kappa shape index (κ1) is 17.2. The Balaban J connectivity index is 2.62. The van der Waals surface area contributed by atoms with Gasteiger partial charge in [-0.2, -0.15) is 17.0 Å². The summed E-state index contributed by atoms with van der Waals surface area (Å²) in [7, 11) is -1.68. The Kier molecular flexibility index (Phi) is 7.04. The molecule has 0 aromatic rings. The zero-order valence-electron chi connectivity index (χ0n) is 12.2. The molecular formula is C12H26ClN3O2S. The van der Waals surface area contributed by atoms with E-state index in [2.05, 4.69) is 18.7 Å². The van der Waals surface area contributed by atoms with Crippen molar-refractivity contribution < 1.29 is 8.42 Å². The first-order valence-corrected chi connectivity index (χ1v) is 8.91. The summed E-state index contributed by atoms with van der Waals surface area (Å²) in [5, 5.41) is 0. The molecule has 0 N–H and O–H groups in total. The van der Waals surface area contributed by atoms with Crippen LogP contribution >= 0.6 is 11.6 Å². The van der Waals surface area contributed by atoms with E-state index >= 15 is 0 Å². The van der Waals surface area contributed by atoms with E-state index in [1.165, 1.54) is 4.31 Å². The molecule has 1 unspecified atom stereocenters. The van der Waals surface area contributed by atoms with Gasteiger partial charge in [0, 0.05) is 38.6 Å². The Morgan fingerprint density at radius 2 is 1.95 bits per heavy atom. The summed E-state index contributed by atoms with van der Waals surface area (Å²) < 4.78 is 27.8. The van der Waals surface area contributed by atoms with Crippen LogP contribution in [0, 0.1) is 0 Å². The normalized spacial score (nSPS) is 21.7. The van der Waals surface area contributed by atoms with E-state index in [-0.39, 0.29) is 0 Å². The second-order valence-corrected chi connectivity index (χ2v) is 7.31. The predicted molar refractivity (Wildman–Crippen MR) is 79.8 cm³/mol. The highest BCUT2D eigenvalue weighted by atomic mass is 35.5. The lowest BCUT2D eigenvalue weighted by atomic mass is 10.2. The van der Waals surface area contributed by atoms with Gasteiger partial charge in [0.15, 0.2) is 0 Å². The van der Waals surface area contributed by atoms with Crippen molar-refractivity contribution in [2.75, 3.05) is 45.7 Å². The average Bonchev–Trinajstić information content (AvgIpc) is 2.87. The molecule has 1 fully saturated rings. The summed E-state index contributed by atoms with van der Waals surface area (Å²) in [5.74, 6) is 0.488. The third-order valence-electron chi connectivity index (χ3n) is 3.78. The summed E-state index contributed by atoms with van der Waals surface area (Å²) in [6, 6.07) is 0.353. The van der Waals surface area contributed by atoms with Gasteiger partial charge in [0.25, 0.3) is 10.2 Å². The largest absolute Gasteiger partial charge is 0.300 e. The fourth-order valence-electron chi connectivity index (χ4n) is 2.55. The highest BCUT2D eigenvalue weighted by molar-refractivity contribution is 7.86. The van der Waals surface area contributed by atoms with Crippen molar-refractivity contribution in [2.24, 2.45) is 0 Å². The molecule has 1 heterocycles. The number of alkyl halides is 1. The zero-order valence-corrected chi connectivity index (χ0v) is 13.8. The van der Waals surface area contributed by atoms with Gasteiger partial charge in [-0.1, -0.05) is 13.8 Å². The van der Waals surface area contributed by atoms with Gasteiger partial charge in [-0.05, 0) is 25.9 Å². The summed E-state index contributed by atoms with van der Waals surface area (Å²) in [6.45, 7) is 7.89. The van der Waals surface area contributed by atoms with Crippen LogP contribution < -0.4 is 0 Å². The molecule has 0 amide bonds. The monoisotopic (exact) mass is 311 g/mol. The second-order valence-electron chi connectivity index (χ2n) is 4.89. The Labute approximate surface area is 122 Å². The Morgan fingerprint density at radius 1 is 1.32 bits per heavy atom. The molecule has 1 atom stereocenters. The molecule has 0 spiro atoms. The van der Waals surface area contributed by atoms with E-state index in [1.807, 2.05) is 0 Å². The molecule has 7 heteroatoms. The van der Waals surface area contributed by atoms with Gasteiger partial charge in [0.2, 0.25) is 0 Å². The van der Waals surface area contributed by atoms with Gasteiger partial charge in [-0.15, -0.1) is 11.6 Å². The topological polar surface area (TPSA) is 43.9 Å². The van der Waals surface area contributed by atoms with E-state index in [9.17, 15) is 8.42 Å². The molecule has 1 aliphatic heterocycles. The minimum atomic E-state index is -3.31. The minimum absolute atomic E-state index is 0.353. The molecular weight excluding hydrogens is 286 g/mol. The van der Waals surface area contributed by atoms with Gasteiger partial charge in [-0.3, -0.25) is 4.90 Å². The molecule has 5 nitrogen and oxygen atoms in total. The smallest absolute Gasteiger partial charge is 0.281 e. The van der Waals surface area contributed by atoms with Crippen LogP contribution in [-0.2, 0) is 10.2 Å². The lowest BCUT2D eigenvalue weighted by Gasteiger charge is -2.27. The van der Waals surface area contributed by atoms with Crippen LogP contribution in [0.3, 0.4) is 0 Å². The molecule has 1 aliphatic rings. The van der Waals surface area contributed by atoms with Crippen LogP contribution in [0.1, 0.15) is 26.7 Å². The third-order valence-corrected chi connectivity index (χ3v) is 6.00. The fourth-order valence-corrected chi connectivity index (χ4v) is 4.12. The van der Waals surface area contributed by atoms with Gasteiger partial charge in [-0.25, -0.2) is 0 Å². The lowest BCUT2D eigenvalue weighted by Crippen LogP contribution is -2.43. The number of hydrogen-bond donors (Lipinski definition) is 0. The van der Waals surface area contributed by atoms with E-state index < -0.39 is 10.2 Å². The average molecular weight is 312 g/mol. The van der Waals surface area contributed by atoms with Crippen LogP contribution in [0.4, 0.5) is 0 Å². The number of likely N-dealkylation sites (N-methyl/N-ethyl adjacent to an activating group) is 1. The van der Waals surface area contributed by atoms with Gasteiger partial charge in [0.1, 0.15) is 0 Å². The molecule has 0 saturated carbocycles. The number of hydrogen-bond acceptors (Lipinski definition) is 3. The molecule has 1 rings (SSSR count). The van der Waals surface area contributed by atoms with Crippen LogP contribution in [0.2, 0.25) is 0 Å². The number of nitrogens with zero attached hydrogens (tertiary/aromatic N) is 3. The van der Waals surface area contributed by atoms with Crippen molar-refractivity contribution in [1.29, 1.82) is 0 Å². The van der Waals surface area contributed by atoms with Crippen molar-refractivity contribution in [3.05, 3.63) is 0 Å². The van der Waals surface area contributed by atoms with Crippen molar-refractivity contribution in [3.8, 4) is 0 Å². The van der Waals surface area contributed by atoms with Crippen molar-refractivity contribution in [3.63, 3.8) is 0 Å². The van der Waals surface area contributed by atoms with E-state index in [0.29, 0.717) is 38.0 Å². The van der Waals surface area contributed by atoms with Crippen molar-refractivity contribution in [1.82, 2.24) is 13.5 Å². The number of rotatable bonds is 8. The highest BCUT2D eigenvalue weighted by Crippen LogP contribution is 2.20. The Hall–Kier alpha value is 0.120. The van der Waals surface area contributed by atoms with Crippen molar-refractivity contribution >= 4 is 21.8 Å². The quantitative estimate of drug-likeness (QED) is 0.633. The molecule has 114 valence electrons. The van der Waals surface area contributed by atoms with Crippen LogP contribution in [0.15, 0.2) is 0 Å². The summed E-state index contributed by atoms with van der Waals surface area (Å²) in [4.78, 5) is 2.33. The first-order chi connectivity index (χ1) is 8.97. The SMILES string of the molecule is CCN(CC)C1CCN(S(=O)(=O)N(C)CCCCl)C1. The summed E-state index contributed by atoms with van der Waals surface area (Å²) >= 11 is 5.62. The molecule has 0 radical (unpaired) electrons. The van der Waals surface area contributed by atoms with Gasteiger partial charge >= 0.3 is 0 Å². The first-order valence-electron chi connectivity index (χ1n) is 6.98. The van der Waals surface area contributed by atoms with Gasteiger partial charge < -0.3 is 0 Å². The van der Waals surface area contributed by atoms with Crippen LogP contribution in [0.5, 0.6) is 0 Å². The number of halogens is 1. The maximum Gasteiger partial charge on any atom is 0.281 e. The predicted octanol–water partition coefficient (Wildman–Crippen LogP) is 1.21. The molecule has 1 saturated heterocycles. The highest BCUT2D eigenvalue weighted by Gasteiger charge is 2.35. The summed E-state index contributed by atoms with van der Waals surface area (Å²) in [6.07, 6.45) is 1.61. The third kappa shape index (κ3) is 4.29. The van der Waals surface area contributed by atoms with Gasteiger partial charge in [0.05, 0.1) is 0 Å². The van der Waals surface area contributed by atoms with Crippen molar-refractivity contribution in [2.45, 2.75) is 32.7 Å². The minimum Gasteiger partial charge on any atom is -0.300 e.